The molecule has 0 spiro atoms. The maximum absolute atomic E-state index is 12.2. The monoisotopic (exact) mass is 340 g/mol. The summed E-state index contributed by atoms with van der Waals surface area (Å²) in [6.07, 6.45) is 0. The zero-order valence-electron chi connectivity index (χ0n) is 15.3. The first kappa shape index (κ1) is 17.4. The molecule has 25 heavy (non-hydrogen) atoms. The van der Waals surface area contributed by atoms with E-state index in [2.05, 4.69) is 60.1 Å². The Morgan fingerprint density at radius 1 is 1.24 bits per heavy atom. The normalized spacial score (nSPS) is 13.4. The zero-order valence-corrected chi connectivity index (χ0v) is 15.3. The minimum Gasteiger partial charge on any atom is -0.390 e. The number of rotatable bonds is 3. The predicted octanol–water partition coefficient (Wildman–Crippen LogP) is 2.83. The molecular formula is C19H24N4O2. The molecule has 6 heteroatoms. The van der Waals surface area contributed by atoms with Crippen molar-refractivity contribution in [2.75, 3.05) is 0 Å². The topological polar surface area (TPSA) is 83.8 Å². The predicted molar refractivity (Wildman–Crippen MR) is 97.8 cm³/mol. The van der Waals surface area contributed by atoms with E-state index in [0.717, 1.165) is 5.56 Å². The average Bonchev–Trinajstić information content (AvgIpc) is 2.92. The van der Waals surface area contributed by atoms with Gasteiger partial charge in [-0.25, -0.2) is 9.67 Å². The number of H-pyrrole nitrogens is 1. The average molecular weight is 340 g/mol. The Hall–Kier alpha value is -2.47. The molecule has 0 fully saturated rings. The van der Waals surface area contributed by atoms with Gasteiger partial charge in [0.1, 0.15) is 16.9 Å². The molecule has 1 atom stereocenters. The van der Waals surface area contributed by atoms with Crippen molar-refractivity contribution in [1.29, 1.82) is 0 Å². The highest BCUT2D eigenvalue weighted by atomic mass is 16.3. The number of nitrogens with zero attached hydrogens (tertiary/aromatic N) is 3. The number of aryl methyl sites for hydroxylation is 1. The van der Waals surface area contributed by atoms with Crippen LogP contribution in [0.3, 0.4) is 0 Å². The summed E-state index contributed by atoms with van der Waals surface area (Å²) in [5, 5.41) is 14.4. The fraction of sp³-hybridized carbons (Fsp3) is 0.421. The molecule has 3 aromatic rings. The Bertz CT molecular complexity index is 962. The summed E-state index contributed by atoms with van der Waals surface area (Å²) >= 11 is 0. The molecule has 0 saturated heterocycles. The standard InChI is InChI=1S/C19H24N4O2/c1-11(13-6-8-14(9-7-13)19(3,4)5)23-17-16(15(10-24)22-23)18(25)21-12(2)20-17/h6-9,11,24H,10H2,1-5H3,(H,20,21,25). The van der Waals surface area contributed by atoms with Gasteiger partial charge in [0.2, 0.25) is 0 Å². The van der Waals surface area contributed by atoms with E-state index in [9.17, 15) is 9.90 Å². The molecule has 0 aliphatic carbocycles. The Morgan fingerprint density at radius 3 is 2.44 bits per heavy atom. The Balaban J connectivity index is 2.11. The van der Waals surface area contributed by atoms with E-state index < -0.39 is 0 Å². The maximum Gasteiger partial charge on any atom is 0.262 e. The maximum atomic E-state index is 12.2. The number of nitrogens with one attached hydrogen (secondary N) is 1. The van der Waals surface area contributed by atoms with Crippen molar-refractivity contribution in [3.8, 4) is 0 Å². The van der Waals surface area contributed by atoms with Crippen LogP contribution >= 0.6 is 0 Å². The molecule has 0 aliphatic rings. The highest BCUT2D eigenvalue weighted by molar-refractivity contribution is 5.77. The largest absolute Gasteiger partial charge is 0.390 e. The molecule has 2 N–H and O–H groups in total. The van der Waals surface area contributed by atoms with Gasteiger partial charge in [-0.2, -0.15) is 5.10 Å². The second-order valence-corrected chi connectivity index (χ2v) is 7.45. The van der Waals surface area contributed by atoms with Crippen molar-refractivity contribution in [3.05, 3.63) is 57.3 Å². The van der Waals surface area contributed by atoms with Crippen molar-refractivity contribution in [1.82, 2.24) is 19.7 Å². The fourth-order valence-electron chi connectivity index (χ4n) is 3.01. The second-order valence-electron chi connectivity index (χ2n) is 7.45. The third kappa shape index (κ3) is 3.09. The Kier molecular flexibility index (Phi) is 4.24. The van der Waals surface area contributed by atoms with Gasteiger partial charge in [-0.3, -0.25) is 4.79 Å². The van der Waals surface area contributed by atoms with Gasteiger partial charge in [-0.05, 0) is 30.4 Å². The summed E-state index contributed by atoms with van der Waals surface area (Å²) in [7, 11) is 0. The highest BCUT2D eigenvalue weighted by Gasteiger charge is 2.20. The van der Waals surface area contributed by atoms with Gasteiger partial charge in [0.05, 0.1) is 12.6 Å². The van der Waals surface area contributed by atoms with Crippen molar-refractivity contribution in [2.24, 2.45) is 0 Å². The lowest BCUT2D eigenvalue weighted by Gasteiger charge is -2.20. The molecule has 132 valence electrons. The van der Waals surface area contributed by atoms with Gasteiger partial charge in [0, 0.05) is 0 Å². The van der Waals surface area contributed by atoms with Crippen LogP contribution in [0.25, 0.3) is 11.0 Å². The molecule has 0 amide bonds. The third-order valence-corrected chi connectivity index (χ3v) is 4.53. The summed E-state index contributed by atoms with van der Waals surface area (Å²) < 4.78 is 1.72. The van der Waals surface area contributed by atoms with E-state index in [4.69, 9.17) is 0 Å². The first-order valence-electron chi connectivity index (χ1n) is 8.41. The first-order valence-corrected chi connectivity index (χ1v) is 8.41. The van der Waals surface area contributed by atoms with Crippen molar-refractivity contribution < 1.29 is 5.11 Å². The van der Waals surface area contributed by atoms with Crippen LogP contribution in [-0.4, -0.2) is 24.9 Å². The van der Waals surface area contributed by atoms with E-state index >= 15 is 0 Å². The lowest BCUT2D eigenvalue weighted by atomic mass is 9.86. The summed E-state index contributed by atoms with van der Waals surface area (Å²) in [4.78, 5) is 19.4. The van der Waals surface area contributed by atoms with Gasteiger partial charge in [0.25, 0.3) is 5.56 Å². The van der Waals surface area contributed by atoms with Gasteiger partial charge < -0.3 is 10.1 Å². The summed E-state index contributed by atoms with van der Waals surface area (Å²) in [6.45, 7) is 9.99. The highest BCUT2D eigenvalue weighted by Crippen LogP contribution is 2.27. The smallest absolute Gasteiger partial charge is 0.262 e. The first-order chi connectivity index (χ1) is 11.7. The van der Waals surface area contributed by atoms with Crippen molar-refractivity contribution >= 4 is 11.0 Å². The van der Waals surface area contributed by atoms with E-state index in [0.29, 0.717) is 22.6 Å². The number of hydrogen-bond acceptors (Lipinski definition) is 4. The van der Waals surface area contributed by atoms with Gasteiger partial charge in [0.15, 0.2) is 5.65 Å². The molecule has 0 radical (unpaired) electrons. The van der Waals surface area contributed by atoms with Crippen molar-refractivity contribution in [3.63, 3.8) is 0 Å². The molecule has 0 aliphatic heterocycles. The second kappa shape index (κ2) is 6.11. The number of fused-ring (bicyclic) bond motifs is 1. The van der Waals surface area contributed by atoms with E-state index in [1.54, 1.807) is 11.6 Å². The molecule has 2 heterocycles. The van der Waals surface area contributed by atoms with Crippen LogP contribution in [0.4, 0.5) is 0 Å². The molecule has 2 aromatic heterocycles. The molecule has 0 saturated carbocycles. The van der Waals surface area contributed by atoms with Crippen LogP contribution in [0.5, 0.6) is 0 Å². The molecular weight excluding hydrogens is 316 g/mol. The Morgan fingerprint density at radius 2 is 1.88 bits per heavy atom. The van der Waals surface area contributed by atoms with Crippen LogP contribution in [0, 0.1) is 6.92 Å². The van der Waals surface area contributed by atoms with Crippen LogP contribution in [0.1, 0.15) is 56.4 Å². The molecule has 6 nitrogen and oxygen atoms in total. The molecule has 1 aromatic carbocycles. The minimum atomic E-state index is -0.299. The van der Waals surface area contributed by atoms with E-state index in [1.165, 1.54) is 5.56 Å². The number of aliphatic hydroxyl groups is 1. The molecule has 1 unspecified atom stereocenters. The number of benzene rings is 1. The van der Waals surface area contributed by atoms with Crippen LogP contribution in [0.2, 0.25) is 0 Å². The third-order valence-electron chi connectivity index (χ3n) is 4.53. The molecule has 0 bridgehead atoms. The van der Waals surface area contributed by atoms with Gasteiger partial charge >= 0.3 is 0 Å². The zero-order chi connectivity index (χ0) is 18.4. The lowest BCUT2D eigenvalue weighted by Crippen LogP contribution is -2.14. The summed E-state index contributed by atoms with van der Waals surface area (Å²) in [5.41, 5.74) is 3.00. The number of hydrogen-bond donors (Lipinski definition) is 2. The SMILES string of the molecule is Cc1nc2c(c(CO)nn2C(C)c2ccc(C(C)(C)C)cc2)c(=O)[nH]1. The summed E-state index contributed by atoms with van der Waals surface area (Å²) in [5.74, 6) is 0.526. The van der Waals surface area contributed by atoms with Crippen LogP contribution < -0.4 is 5.56 Å². The number of aromatic amines is 1. The van der Waals surface area contributed by atoms with Crippen molar-refractivity contribution in [2.45, 2.75) is 52.7 Å². The van der Waals surface area contributed by atoms with E-state index in [1.807, 2.05) is 6.92 Å². The van der Waals surface area contributed by atoms with Crippen LogP contribution in [-0.2, 0) is 12.0 Å². The van der Waals surface area contributed by atoms with Gasteiger partial charge in [-0.15, -0.1) is 0 Å². The number of aromatic nitrogens is 4. The van der Waals surface area contributed by atoms with E-state index in [-0.39, 0.29) is 23.6 Å². The van der Waals surface area contributed by atoms with Gasteiger partial charge in [-0.1, -0.05) is 45.0 Å². The number of aliphatic hydroxyl groups excluding tert-OH is 1. The van der Waals surface area contributed by atoms with Crippen LogP contribution in [0.15, 0.2) is 29.1 Å². The fourth-order valence-corrected chi connectivity index (χ4v) is 3.01. The minimum absolute atomic E-state index is 0.0934. The lowest BCUT2D eigenvalue weighted by molar-refractivity contribution is 0.276. The Labute approximate surface area is 146 Å². The molecule has 3 rings (SSSR count). The quantitative estimate of drug-likeness (QED) is 0.768. The summed E-state index contributed by atoms with van der Waals surface area (Å²) in [6, 6.07) is 8.30.